The van der Waals surface area contributed by atoms with Crippen molar-refractivity contribution in [1.29, 1.82) is 0 Å². The second-order valence-corrected chi connectivity index (χ2v) is 5.39. The fourth-order valence-corrected chi connectivity index (χ4v) is 2.04. The fraction of sp³-hybridized carbons (Fsp3) is 0.0769. The number of carbonyl (C=O) groups is 1. The van der Waals surface area contributed by atoms with Crippen LogP contribution in [0.1, 0.15) is 17.4 Å². The number of rotatable bonds is 4. The summed E-state index contributed by atoms with van der Waals surface area (Å²) in [5.41, 5.74) is 2.75. The lowest BCUT2D eigenvalue weighted by atomic mass is 10.1. The number of amides is 1. The van der Waals surface area contributed by atoms with Crippen LogP contribution in [-0.2, 0) is 4.79 Å². The summed E-state index contributed by atoms with van der Waals surface area (Å²) in [6.07, 6.45) is 0.0777. The van der Waals surface area contributed by atoms with E-state index in [9.17, 15) is 9.90 Å². The van der Waals surface area contributed by atoms with Crippen molar-refractivity contribution in [3.63, 3.8) is 0 Å². The minimum atomic E-state index is -1.26. The van der Waals surface area contributed by atoms with Crippen molar-refractivity contribution in [2.75, 3.05) is 0 Å². The summed E-state index contributed by atoms with van der Waals surface area (Å²) in [5.74, 6) is -0.157. The Bertz CT molecular complexity index is 606. The molecule has 0 spiro atoms. The highest BCUT2D eigenvalue weighted by Crippen LogP contribution is 2.25. The van der Waals surface area contributed by atoms with E-state index in [0.29, 0.717) is 16.0 Å². The third kappa shape index (κ3) is 3.78. The SMILES string of the molecule is O=C(N/N=C\c1cc(Br)c(Br)o1)[C@@H](O)c1ccccc1. The molecule has 0 saturated carbocycles. The van der Waals surface area contributed by atoms with Gasteiger partial charge in [0.15, 0.2) is 10.8 Å². The van der Waals surface area contributed by atoms with Crippen LogP contribution in [0.2, 0.25) is 0 Å². The maximum absolute atomic E-state index is 11.7. The Labute approximate surface area is 131 Å². The van der Waals surface area contributed by atoms with Gasteiger partial charge in [0.1, 0.15) is 5.76 Å². The molecule has 0 bridgehead atoms. The number of hydrogen-bond acceptors (Lipinski definition) is 4. The van der Waals surface area contributed by atoms with Gasteiger partial charge in [-0.05, 0) is 37.4 Å². The predicted octanol–water partition coefficient (Wildman–Crippen LogP) is 2.99. The third-order valence-electron chi connectivity index (χ3n) is 2.39. The summed E-state index contributed by atoms with van der Waals surface area (Å²) >= 11 is 6.45. The summed E-state index contributed by atoms with van der Waals surface area (Å²) in [6.45, 7) is 0. The molecule has 0 aliphatic carbocycles. The number of nitrogens with one attached hydrogen (secondary N) is 1. The molecule has 1 atom stereocenters. The highest BCUT2D eigenvalue weighted by Gasteiger charge is 2.16. The zero-order valence-electron chi connectivity index (χ0n) is 10.1. The molecule has 0 saturated heterocycles. The Morgan fingerprint density at radius 3 is 2.65 bits per heavy atom. The molecule has 104 valence electrons. The highest BCUT2D eigenvalue weighted by atomic mass is 79.9. The van der Waals surface area contributed by atoms with Gasteiger partial charge in [0, 0.05) is 6.07 Å². The molecule has 1 heterocycles. The predicted molar refractivity (Wildman–Crippen MR) is 81.2 cm³/mol. The van der Waals surface area contributed by atoms with Gasteiger partial charge in [-0.15, -0.1) is 0 Å². The largest absolute Gasteiger partial charge is 0.447 e. The molecule has 2 N–H and O–H groups in total. The highest BCUT2D eigenvalue weighted by molar-refractivity contribution is 9.13. The molecule has 0 radical (unpaired) electrons. The van der Waals surface area contributed by atoms with E-state index in [0.717, 1.165) is 4.47 Å². The first-order valence-corrected chi connectivity index (χ1v) is 7.17. The molecule has 0 aliphatic rings. The van der Waals surface area contributed by atoms with Crippen molar-refractivity contribution in [2.24, 2.45) is 5.10 Å². The Morgan fingerprint density at radius 2 is 2.05 bits per heavy atom. The third-order valence-corrected chi connectivity index (χ3v) is 4.10. The maximum Gasteiger partial charge on any atom is 0.273 e. The first kappa shape index (κ1) is 15.0. The summed E-state index contributed by atoms with van der Waals surface area (Å²) in [6, 6.07) is 10.3. The topological polar surface area (TPSA) is 74.8 Å². The van der Waals surface area contributed by atoms with Crippen molar-refractivity contribution in [3.8, 4) is 0 Å². The zero-order valence-corrected chi connectivity index (χ0v) is 13.3. The van der Waals surface area contributed by atoms with E-state index in [2.05, 4.69) is 42.4 Å². The first-order valence-electron chi connectivity index (χ1n) is 5.58. The molecule has 1 aromatic carbocycles. The van der Waals surface area contributed by atoms with Gasteiger partial charge < -0.3 is 9.52 Å². The molecule has 7 heteroatoms. The molecule has 1 aromatic heterocycles. The maximum atomic E-state index is 11.7. The number of benzene rings is 1. The standard InChI is InChI=1S/C13H10Br2N2O3/c14-10-6-9(20-12(10)15)7-16-17-13(19)11(18)8-4-2-1-3-5-8/h1-7,11,18H,(H,17,19)/b16-7-/t11-/m0/s1. The van der Waals surface area contributed by atoms with E-state index in [1.165, 1.54) is 6.21 Å². The average molecular weight is 402 g/mol. The number of aliphatic hydroxyl groups is 1. The van der Waals surface area contributed by atoms with Gasteiger partial charge in [-0.3, -0.25) is 4.79 Å². The van der Waals surface area contributed by atoms with Crippen LogP contribution in [0, 0.1) is 0 Å². The van der Waals surface area contributed by atoms with Gasteiger partial charge in [-0.25, -0.2) is 5.43 Å². The van der Waals surface area contributed by atoms with Crippen LogP contribution in [-0.4, -0.2) is 17.2 Å². The van der Waals surface area contributed by atoms with Gasteiger partial charge in [-0.2, -0.15) is 5.10 Å². The second kappa shape index (κ2) is 6.83. The number of hydrazone groups is 1. The minimum Gasteiger partial charge on any atom is -0.447 e. The fourth-order valence-electron chi connectivity index (χ4n) is 1.43. The van der Waals surface area contributed by atoms with Gasteiger partial charge in [-0.1, -0.05) is 30.3 Å². The van der Waals surface area contributed by atoms with Crippen molar-refractivity contribution in [2.45, 2.75) is 6.10 Å². The van der Waals surface area contributed by atoms with Crippen molar-refractivity contribution in [3.05, 3.63) is 56.9 Å². The lowest BCUT2D eigenvalue weighted by Gasteiger charge is -2.08. The van der Waals surface area contributed by atoms with Gasteiger partial charge >= 0.3 is 0 Å². The van der Waals surface area contributed by atoms with Crippen molar-refractivity contribution >= 4 is 44.0 Å². The summed E-state index contributed by atoms with van der Waals surface area (Å²) in [5, 5.41) is 13.5. The van der Waals surface area contributed by atoms with Gasteiger partial charge in [0.05, 0.1) is 10.7 Å². The summed E-state index contributed by atoms with van der Waals surface area (Å²) < 4.78 is 6.53. The zero-order chi connectivity index (χ0) is 14.5. The van der Waals surface area contributed by atoms with E-state index in [1.54, 1.807) is 36.4 Å². The van der Waals surface area contributed by atoms with E-state index in [-0.39, 0.29) is 0 Å². The van der Waals surface area contributed by atoms with Crippen molar-refractivity contribution < 1.29 is 14.3 Å². The molecular weight excluding hydrogens is 392 g/mol. The van der Waals surface area contributed by atoms with E-state index < -0.39 is 12.0 Å². The number of halogens is 2. The number of carbonyl (C=O) groups excluding carboxylic acids is 1. The Hall–Kier alpha value is -1.44. The van der Waals surface area contributed by atoms with Crippen LogP contribution >= 0.6 is 31.9 Å². The molecule has 0 unspecified atom stereocenters. The molecule has 0 aliphatic heterocycles. The number of furan rings is 1. The van der Waals surface area contributed by atoms with Crippen LogP contribution < -0.4 is 5.43 Å². The monoisotopic (exact) mass is 400 g/mol. The number of nitrogens with zero attached hydrogens (tertiary/aromatic N) is 1. The summed E-state index contributed by atoms with van der Waals surface area (Å²) in [7, 11) is 0. The average Bonchev–Trinajstić information content (AvgIpc) is 2.77. The lowest BCUT2D eigenvalue weighted by molar-refractivity contribution is -0.129. The quantitative estimate of drug-likeness (QED) is 0.610. The number of hydrogen-bond donors (Lipinski definition) is 2. The lowest BCUT2D eigenvalue weighted by Crippen LogP contribution is -2.25. The molecule has 2 rings (SSSR count). The van der Waals surface area contributed by atoms with Crippen molar-refractivity contribution in [1.82, 2.24) is 5.43 Å². The van der Waals surface area contributed by atoms with E-state index in [4.69, 9.17) is 4.42 Å². The molecule has 20 heavy (non-hydrogen) atoms. The van der Waals surface area contributed by atoms with E-state index >= 15 is 0 Å². The Morgan fingerprint density at radius 1 is 1.35 bits per heavy atom. The molecule has 5 nitrogen and oxygen atoms in total. The first-order chi connectivity index (χ1) is 9.58. The smallest absolute Gasteiger partial charge is 0.273 e. The normalized spacial score (nSPS) is 12.6. The van der Waals surface area contributed by atoms with Crippen LogP contribution in [0.5, 0.6) is 0 Å². The van der Waals surface area contributed by atoms with Crippen LogP contribution in [0.3, 0.4) is 0 Å². The van der Waals surface area contributed by atoms with Gasteiger partial charge in [0.25, 0.3) is 5.91 Å². The van der Waals surface area contributed by atoms with Crippen LogP contribution in [0.15, 0.2) is 55.1 Å². The van der Waals surface area contributed by atoms with E-state index in [1.807, 2.05) is 0 Å². The second-order valence-electron chi connectivity index (χ2n) is 3.82. The Balaban J connectivity index is 1.95. The molecule has 1 amide bonds. The van der Waals surface area contributed by atoms with Crippen LogP contribution in [0.25, 0.3) is 0 Å². The van der Waals surface area contributed by atoms with Gasteiger partial charge in [0.2, 0.25) is 0 Å². The van der Waals surface area contributed by atoms with Crippen LogP contribution in [0.4, 0.5) is 0 Å². The molecular formula is C13H10Br2N2O3. The molecule has 0 fully saturated rings. The molecule has 2 aromatic rings. The minimum absolute atomic E-state index is 0.457. The number of aliphatic hydroxyl groups excluding tert-OH is 1. The Kier molecular flexibility index (Phi) is 5.11. The summed E-state index contributed by atoms with van der Waals surface area (Å²) in [4.78, 5) is 11.7.